The summed E-state index contributed by atoms with van der Waals surface area (Å²) in [6, 6.07) is 5.23. The molecule has 0 spiro atoms. The molecule has 8 heteroatoms. The van der Waals surface area contributed by atoms with Gasteiger partial charge < -0.3 is 10.1 Å². The van der Waals surface area contributed by atoms with Crippen molar-refractivity contribution < 1.29 is 18.3 Å². The number of methoxy groups -OCH3 is 1. The monoisotopic (exact) mass is 403 g/mol. The van der Waals surface area contributed by atoms with E-state index in [9.17, 15) is 13.6 Å². The SMILES string of the molecule is COc1cc(F)ccc1-c1cc(NC(=O)[C@H]2CCCC(N=C=S)C2)ncc1F. The molecule has 1 amide bonds. The number of anilines is 1. The summed E-state index contributed by atoms with van der Waals surface area (Å²) in [5.74, 6) is -1.10. The van der Waals surface area contributed by atoms with Gasteiger partial charge in [-0.1, -0.05) is 6.42 Å². The number of thiocarbonyl (C=S) groups is 1. The van der Waals surface area contributed by atoms with Gasteiger partial charge in [0.1, 0.15) is 23.2 Å². The molecule has 1 unspecified atom stereocenters. The van der Waals surface area contributed by atoms with E-state index in [1.165, 1.54) is 31.4 Å². The smallest absolute Gasteiger partial charge is 0.228 e. The van der Waals surface area contributed by atoms with Crippen LogP contribution in [0.2, 0.25) is 0 Å². The Morgan fingerprint density at radius 3 is 2.89 bits per heavy atom. The Bertz CT molecular complexity index is 932. The van der Waals surface area contributed by atoms with E-state index >= 15 is 0 Å². The van der Waals surface area contributed by atoms with Gasteiger partial charge in [-0.3, -0.25) is 4.79 Å². The summed E-state index contributed by atoms with van der Waals surface area (Å²) in [5.41, 5.74) is 0.529. The van der Waals surface area contributed by atoms with E-state index in [0.717, 1.165) is 25.5 Å². The maximum atomic E-state index is 14.3. The maximum Gasteiger partial charge on any atom is 0.228 e. The van der Waals surface area contributed by atoms with E-state index in [1.54, 1.807) is 0 Å². The van der Waals surface area contributed by atoms with Crippen molar-refractivity contribution in [3.05, 3.63) is 42.1 Å². The van der Waals surface area contributed by atoms with Gasteiger partial charge in [-0.25, -0.2) is 18.8 Å². The fraction of sp³-hybridized carbons (Fsp3) is 0.350. The molecule has 1 aromatic carbocycles. The van der Waals surface area contributed by atoms with Gasteiger partial charge >= 0.3 is 0 Å². The Morgan fingerprint density at radius 2 is 2.14 bits per heavy atom. The number of ether oxygens (including phenoxy) is 1. The van der Waals surface area contributed by atoms with Crippen molar-refractivity contribution in [1.29, 1.82) is 0 Å². The third kappa shape index (κ3) is 4.58. The van der Waals surface area contributed by atoms with Crippen molar-refractivity contribution in [2.45, 2.75) is 31.7 Å². The van der Waals surface area contributed by atoms with Crippen LogP contribution in [0.15, 0.2) is 35.5 Å². The Hall–Kier alpha value is -2.70. The predicted octanol–water partition coefficient (Wildman–Crippen LogP) is 4.64. The number of isothiocyanates is 1. The average molecular weight is 403 g/mol. The zero-order valence-corrected chi connectivity index (χ0v) is 16.1. The molecular weight excluding hydrogens is 384 g/mol. The average Bonchev–Trinajstić information content (AvgIpc) is 2.70. The summed E-state index contributed by atoms with van der Waals surface area (Å²) < 4.78 is 32.9. The highest BCUT2D eigenvalue weighted by Crippen LogP contribution is 2.34. The van der Waals surface area contributed by atoms with Crippen LogP contribution in [0.25, 0.3) is 11.1 Å². The Kier molecular flexibility index (Phi) is 6.44. The molecule has 1 N–H and O–H groups in total. The van der Waals surface area contributed by atoms with E-state index in [1.807, 2.05) is 0 Å². The number of nitrogens with one attached hydrogen (secondary N) is 1. The maximum absolute atomic E-state index is 14.3. The lowest BCUT2D eigenvalue weighted by Gasteiger charge is -2.25. The number of hydrogen-bond acceptors (Lipinski definition) is 5. The van der Waals surface area contributed by atoms with E-state index in [-0.39, 0.29) is 35.0 Å². The zero-order valence-electron chi connectivity index (χ0n) is 15.2. The van der Waals surface area contributed by atoms with Gasteiger partial charge in [0.15, 0.2) is 0 Å². The molecule has 0 aliphatic heterocycles. The third-order valence-electron chi connectivity index (χ3n) is 4.81. The Balaban J connectivity index is 1.82. The highest BCUT2D eigenvalue weighted by molar-refractivity contribution is 7.78. The van der Waals surface area contributed by atoms with Crippen molar-refractivity contribution in [3.63, 3.8) is 0 Å². The first-order chi connectivity index (χ1) is 13.5. The molecule has 146 valence electrons. The number of halogens is 2. The van der Waals surface area contributed by atoms with Gasteiger partial charge in [-0.05, 0) is 49.7 Å². The molecule has 28 heavy (non-hydrogen) atoms. The fourth-order valence-corrected chi connectivity index (χ4v) is 3.57. The first-order valence-electron chi connectivity index (χ1n) is 8.89. The van der Waals surface area contributed by atoms with Crippen molar-refractivity contribution in [3.8, 4) is 16.9 Å². The molecule has 1 heterocycles. The van der Waals surface area contributed by atoms with E-state index in [4.69, 9.17) is 4.74 Å². The van der Waals surface area contributed by atoms with E-state index in [2.05, 4.69) is 32.7 Å². The number of aromatic nitrogens is 1. The van der Waals surface area contributed by atoms with Crippen LogP contribution in [0.4, 0.5) is 14.6 Å². The number of carbonyl (C=O) groups excluding carboxylic acids is 1. The zero-order chi connectivity index (χ0) is 20.1. The van der Waals surface area contributed by atoms with Crippen LogP contribution in [0, 0.1) is 17.6 Å². The van der Waals surface area contributed by atoms with Gasteiger partial charge in [0.25, 0.3) is 0 Å². The number of amides is 1. The molecule has 0 saturated heterocycles. The second kappa shape index (κ2) is 8.99. The summed E-state index contributed by atoms with van der Waals surface area (Å²) in [6.07, 6.45) is 4.12. The lowest BCUT2D eigenvalue weighted by molar-refractivity contribution is -0.120. The van der Waals surface area contributed by atoms with Crippen LogP contribution >= 0.6 is 12.2 Å². The molecule has 2 atom stereocenters. The van der Waals surface area contributed by atoms with Gasteiger partial charge in [-0.15, -0.1) is 0 Å². The fourth-order valence-electron chi connectivity index (χ4n) is 3.42. The van der Waals surface area contributed by atoms with Crippen LogP contribution in [-0.2, 0) is 4.79 Å². The summed E-state index contributed by atoms with van der Waals surface area (Å²) in [5, 5.41) is 5.12. The number of aliphatic imine (C=N–C) groups is 1. The first kappa shape index (κ1) is 20.0. The molecule has 3 rings (SSSR count). The van der Waals surface area contributed by atoms with Gasteiger partial charge in [0, 0.05) is 23.1 Å². The molecule has 1 aliphatic rings. The summed E-state index contributed by atoms with van der Waals surface area (Å²) >= 11 is 4.65. The standard InChI is InChI=1S/C20H19F2N3O2S/c1-27-18-8-13(21)5-6-15(18)16-9-19(23-10-17(16)22)25-20(26)12-3-2-4-14(7-12)24-11-28/h5-6,8-10,12,14H,2-4,7H2,1H3,(H,23,25,26)/t12-,14?/m0/s1. The number of rotatable bonds is 5. The minimum absolute atomic E-state index is 0.00205. The van der Waals surface area contributed by atoms with Crippen molar-refractivity contribution in [2.75, 3.05) is 12.4 Å². The molecule has 2 aromatic rings. The highest BCUT2D eigenvalue weighted by Gasteiger charge is 2.27. The molecule has 0 radical (unpaired) electrons. The normalized spacial score (nSPS) is 18.8. The first-order valence-corrected chi connectivity index (χ1v) is 9.30. The highest BCUT2D eigenvalue weighted by atomic mass is 32.1. The van der Waals surface area contributed by atoms with E-state index < -0.39 is 11.6 Å². The van der Waals surface area contributed by atoms with Crippen molar-refractivity contribution in [1.82, 2.24) is 4.98 Å². The Labute approximate surface area is 166 Å². The molecular formula is C20H19F2N3O2S. The second-order valence-electron chi connectivity index (χ2n) is 6.62. The topological polar surface area (TPSA) is 63.6 Å². The number of carbonyl (C=O) groups is 1. The molecule has 1 fully saturated rings. The molecule has 1 saturated carbocycles. The Morgan fingerprint density at radius 1 is 1.32 bits per heavy atom. The third-order valence-corrected chi connectivity index (χ3v) is 4.92. The molecule has 1 aromatic heterocycles. The number of hydrogen-bond donors (Lipinski definition) is 1. The van der Waals surface area contributed by atoms with Gasteiger partial charge in [0.2, 0.25) is 5.91 Å². The summed E-state index contributed by atoms with van der Waals surface area (Å²) in [4.78, 5) is 20.7. The predicted molar refractivity (Wildman–Crippen MR) is 106 cm³/mol. The molecule has 1 aliphatic carbocycles. The molecule has 0 bridgehead atoms. The van der Waals surface area contributed by atoms with Crippen LogP contribution < -0.4 is 10.1 Å². The second-order valence-corrected chi connectivity index (χ2v) is 6.80. The van der Waals surface area contributed by atoms with E-state index in [0.29, 0.717) is 12.0 Å². The number of nitrogens with zero attached hydrogens (tertiary/aromatic N) is 2. The van der Waals surface area contributed by atoms with Crippen molar-refractivity contribution in [2.24, 2.45) is 10.9 Å². The largest absolute Gasteiger partial charge is 0.496 e. The van der Waals surface area contributed by atoms with Crippen molar-refractivity contribution >= 4 is 29.1 Å². The molecule has 5 nitrogen and oxygen atoms in total. The van der Waals surface area contributed by atoms with Gasteiger partial charge in [0.05, 0.1) is 24.5 Å². The lowest BCUT2D eigenvalue weighted by Crippen LogP contribution is -2.29. The van der Waals surface area contributed by atoms with Gasteiger partial charge in [-0.2, -0.15) is 0 Å². The van der Waals surface area contributed by atoms with Crippen LogP contribution in [0.5, 0.6) is 5.75 Å². The van der Waals surface area contributed by atoms with Crippen LogP contribution in [0.3, 0.4) is 0 Å². The quantitative estimate of drug-likeness (QED) is 0.584. The van der Waals surface area contributed by atoms with Crippen LogP contribution in [-0.4, -0.2) is 29.2 Å². The lowest BCUT2D eigenvalue weighted by atomic mass is 9.85. The summed E-state index contributed by atoms with van der Waals surface area (Å²) in [7, 11) is 1.38. The van der Waals surface area contributed by atoms with Crippen LogP contribution in [0.1, 0.15) is 25.7 Å². The number of pyridine rings is 1. The number of benzene rings is 1. The minimum Gasteiger partial charge on any atom is -0.496 e. The summed E-state index contributed by atoms with van der Waals surface area (Å²) in [6.45, 7) is 0. The minimum atomic E-state index is -0.601.